The van der Waals surface area contributed by atoms with Crippen LogP contribution in [0.25, 0.3) is 0 Å². The predicted octanol–water partition coefficient (Wildman–Crippen LogP) is 2.00. The number of hydrogen-bond acceptors (Lipinski definition) is 2. The van der Waals surface area contributed by atoms with Crippen LogP contribution in [0.5, 0.6) is 0 Å². The lowest BCUT2D eigenvalue weighted by molar-refractivity contribution is -0.252. The fourth-order valence-electron chi connectivity index (χ4n) is 1.79. The summed E-state index contributed by atoms with van der Waals surface area (Å²) in [6.45, 7) is 8.23. The molecule has 0 rings (SSSR count). The van der Waals surface area contributed by atoms with E-state index in [1.54, 1.807) is 14.2 Å². The van der Waals surface area contributed by atoms with E-state index < -0.39 is 5.79 Å². The van der Waals surface area contributed by atoms with Crippen molar-refractivity contribution in [3.8, 4) is 0 Å². The molecule has 2 nitrogen and oxygen atoms in total. The van der Waals surface area contributed by atoms with Gasteiger partial charge in [0.05, 0.1) is 0 Å². The molecule has 0 aliphatic carbocycles. The first-order valence-electron chi connectivity index (χ1n) is 4.17. The molecular formula is C9H19O2Si. The van der Waals surface area contributed by atoms with Gasteiger partial charge in [-0.05, 0) is 0 Å². The maximum atomic E-state index is 5.44. The monoisotopic (exact) mass is 187 g/mol. The zero-order valence-corrected chi connectivity index (χ0v) is 9.89. The molecule has 0 unspecified atom stereocenters. The van der Waals surface area contributed by atoms with Gasteiger partial charge in [-0.1, -0.05) is 27.7 Å². The van der Waals surface area contributed by atoms with Crippen molar-refractivity contribution in [2.24, 2.45) is 5.92 Å². The summed E-state index contributed by atoms with van der Waals surface area (Å²) in [7, 11) is 6.97. The molecular weight excluding hydrogens is 168 g/mol. The summed E-state index contributed by atoms with van der Waals surface area (Å²) >= 11 is 0. The molecule has 0 aromatic heterocycles. The standard InChI is InChI=1S/C9H19O2Si/c1-7(2)9(10-5,11-6)8(3,4)12/h7H,1-6H3. The van der Waals surface area contributed by atoms with Crippen LogP contribution in [0, 0.1) is 5.92 Å². The molecule has 0 amide bonds. The highest BCUT2D eigenvalue weighted by atomic mass is 28.1. The van der Waals surface area contributed by atoms with Crippen LogP contribution in [0.4, 0.5) is 0 Å². The molecule has 0 aromatic carbocycles. The molecule has 0 heterocycles. The third-order valence-corrected chi connectivity index (χ3v) is 2.59. The highest BCUT2D eigenvalue weighted by Gasteiger charge is 2.45. The maximum Gasteiger partial charge on any atom is 0.171 e. The first-order chi connectivity index (χ1) is 5.31. The Labute approximate surface area is 79.1 Å². The van der Waals surface area contributed by atoms with E-state index in [-0.39, 0.29) is 5.04 Å². The van der Waals surface area contributed by atoms with Gasteiger partial charge in [-0.25, -0.2) is 0 Å². The van der Waals surface area contributed by atoms with E-state index in [2.05, 4.69) is 24.1 Å². The van der Waals surface area contributed by atoms with Crippen molar-refractivity contribution in [1.29, 1.82) is 0 Å². The molecule has 0 aliphatic rings. The second-order valence-electron chi connectivity index (χ2n) is 3.86. The van der Waals surface area contributed by atoms with Crippen LogP contribution in [0.2, 0.25) is 5.04 Å². The van der Waals surface area contributed by atoms with E-state index in [9.17, 15) is 0 Å². The van der Waals surface area contributed by atoms with Gasteiger partial charge < -0.3 is 9.47 Å². The lowest BCUT2D eigenvalue weighted by Gasteiger charge is -2.45. The van der Waals surface area contributed by atoms with Gasteiger partial charge in [0.2, 0.25) is 0 Å². The third kappa shape index (κ3) is 1.89. The summed E-state index contributed by atoms with van der Waals surface area (Å²) < 4.78 is 10.9. The Bertz CT molecular complexity index is 134. The lowest BCUT2D eigenvalue weighted by atomic mass is 9.90. The van der Waals surface area contributed by atoms with Crippen molar-refractivity contribution < 1.29 is 9.47 Å². The van der Waals surface area contributed by atoms with E-state index >= 15 is 0 Å². The van der Waals surface area contributed by atoms with Crippen molar-refractivity contribution in [1.82, 2.24) is 0 Å². The Kier molecular flexibility index (Phi) is 3.94. The van der Waals surface area contributed by atoms with Gasteiger partial charge in [-0.2, -0.15) is 0 Å². The first kappa shape index (κ1) is 12.1. The Hall–Kier alpha value is 0.137. The van der Waals surface area contributed by atoms with Crippen molar-refractivity contribution in [2.45, 2.75) is 38.5 Å². The van der Waals surface area contributed by atoms with Gasteiger partial charge in [-0.3, -0.25) is 0 Å². The van der Waals surface area contributed by atoms with Crippen molar-refractivity contribution >= 4 is 10.2 Å². The summed E-state index contributed by atoms with van der Waals surface area (Å²) in [6, 6.07) is 0. The Balaban J connectivity index is 4.83. The third-order valence-electron chi connectivity index (χ3n) is 2.24. The number of hydrogen-bond donors (Lipinski definition) is 0. The number of rotatable bonds is 4. The minimum Gasteiger partial charge on any atom is -0.353 e. The molecule has 3 radical (unpaired) electrons. The van der Waals surface area contributed by atoms with Crippen molar-refractivity contribution in [3.05, 3.63) is 0 Å². The van der Waals surface area contributed by atoms with Gasteiger partial charge in [0.25, 0.3) is 0 Å². The molecule has 0 saturated carbocycles. The molecule has 0 aromatic rings. The summed E-state index contributed by atoms with van der Waals surface area (Å²) in [6.07, 6.45) is 0. The van der Waals surface area contributed by atoms with E-state index in [1.165, 1.54) is 0 Å². The van der Waals surface area contributed by atoms with Gasteiger partial charge in [0, 0.05) is 35.4 Å². The van der Waals surface area contributed by atoms with Gasteiger partial charge in [0.1, 0.15) is 0 Å². The minimum absolute atomic E-state index is 0.204. The maximum absolute atomic E-state index is 5.44. The molecule has 0 spiro atoms. The normalized spacial score (nSPS) is 14.0. The lowest BCUT2D eigenvalue weighted by Crippen LogP contribution is -2.48. The van der Waals surface area contributed by atoms with Crippen LogP contribution in [0.1, 0.15) is 27.7 Å². The molecule has 3 heteroatoms. The first-order valence-corrected chi connectivity index (χ1v) is 4.67. The molecule has 0 N–H and O–H groups in total. The molecule has 0 fully saturated rings. The predicted molar refractivity (Wildman–Crippen MR) is 51.4 cm³/mol. The van der Waals surface area contributed by atoms with Crippen LogP contribution in [0.15, 0.2) is 0 Å². The van der Waals surface area contributed by atoms with Crippen LogP contribution >= 0.6 is 0 Å². The van der Waals surface area contributed by atoms with Crippen LogP contribution < -0.4 is 0 Å². The number of ether oxygens (including phenoxy) is 2. The van der Waals surface area contributed by atoms with E-state index in [1.807, 2.05) is 13.8 Å². The number of methoxy groups -OCH3 is 2. The van der Waals surface area contributed by atoms with Crippen molar-refractivity contribution in [3.63, 3.8) is 0 Å². The zero-order valence-electron chi connectivity index (χ0n) is 8.89. The fourth-order valence-corrected chi connectivity index (χ4v) is 2.28. The SMILES string of the molecule is COC(OC)(C(C)C)C(C)(C)[Si]. The minimum atomic E-state index is -0.566. The van der Waals surface area contributed by atoms with Crippen LogP contribution in [0.3, 0.4) is 0 Å². The smallest absolute Gasteiger partial charge is 0.171 e. The second-order valence-corrected chi connectivity index (χ2v) is 5.11. The molecule has 71 valence electrons. The Morgan fingerprint density at radius 2 is 1.42 bits per heavy atom. The topological polar surface area (TPSA) is 18.5 Å². The molecule has 12 heavy (non-hydrogen) atoms. The quantitative estimate of drug-likeness (QED) is 0.495. The van der Waals surface area contributed by atoms with E-state index in [4.69, 9.17) is 9.47 Å². The highest BCUT2D eigenvalue weighted by molar-refractivity contribution is 6.15. The second kappa shape index (κ2) is 3.90. The summed E-state index contributed by atoms with van der Waals surface area (Å²) in [5.74, 6) is -0.274. The van der Waals surface area contributed by atoms with Crippen molar-refractivity contribution in [2.75, 3.05) is 14.2 Å². The average Bonchev–Trinajstić information content (AvgIpc) is 1.87. The molecule has 0 bridgehead atoms. The summed E-state index contributed by atoms with van der Waals surface area (Å²) in [5.41, 5.74) is 0. The van der Waals surface area contributed by atoms with Crippen LogP contribution in [-0.4, -0.2) is 30.2 Å². The average molecular weight is 187 g/mol. The van der Waals surface area contributed by atoms with Gasteiger partial charge in [-0.15, -0.1) is 0 Å². The highest BCUT2D eigenvalue weighted by Crippen LogP contribution is 2.43. The molecule has 0 aliphatic heterocycles. The van der Waals surface area contributed by atoms with Crippen LogP contribution in [-0.2, 0) is 9.47 Å². The van der Waals surface area contributed by atoms with E-state index in [0.29, 0.717) is 5.92 Å². The Morgan fingerprint density at radius 3 is 1.42 bits per heavy atom. The largest absolute Gasteiger partial charge is 0.353 e. The summed E-state index contributed by atoms with van der Waals surface area (Å²) in [5, 5.41) is -0.204. The summed E-state index contributed by atoms with van der Waals surface area (Å²) in [4.78, 5) is 0. The Morgan fingerprint density at radius 1 is 1.08 bits per heavy atom. The van der Waals surface area contributed by atoms with E-state index in [0.717, 1.165) is 0 Å². The molecule has 0 saturated heterocycles. The molecule has 0 atom stereocenters. The fraction of sp³-hybridized carbons (Fsp3) is 1.00. The zero-order chi connectivity index (χ0) is 9.99. The van der Waals surface area contributed by atoms with Gasteiger partial charge in [0.15, 0.2) is 5.79 Å². The van der Waals surface area contributed by atoms with Gasteiger partial charge >= 0.3 is 0 Å².